The summed E-state index contributed by atoms with van der Waals surface area (Å²) in [6, 6.07) is 10.3. The SMILES string of the molecule is N#Cc1c(F)cccc1NC(=O)c1cccc(N)n1. The molecule has 0 radical (unpaired) electrons. The van der Waals surface area contributed by atoms with Crippen molar-refractivity contribution in [2.45, 2.75) is 0 Å². The number of aromatic nitrogens is 1. The van der Waals surface area contributed by atoms with Crippen molar-refractivity contribution < 1.29 is 9.18 Å². The lowest BCUT2D eigenvalue weighted by molar-refractivity contribution is 0.102. The maximum absolute atomic E-state index is 13.4. The number of nitriles is 1. The monoisotopic (exact) mass is 256 g/mol. The molecule has 0 spiro atoms. The lowest BCUT2D eigenvalue weighted by Crippen LogP contribution is -2.15. The summed E-state index contributed by atoms with van der Waals surface area (Å²) in [6.07, 6.45) is 0. The van der Waals surface area contributed by atoms with Crippen LogP contribution in [0.25, 0.3) is 0 Å². The Morgan fingerprint density at radius 1 is 1.32 bits per heavy atom. The molecule has 0 saturated carbocycles. The molecule has 2 rings (SSSR count). The molecule has 3 N–H and O–H groups in total. The van der Waals surface area contributed by atoms with Gasteiger partial charge in [-0.2, -0.15) is 5.26 Å². The van der Waals surface area contributed by atoms with Crippen LogP contribution in [0.1, 0.15) is 16.1 Å². The number of nitrogen functional groups attached to an aromatic ring is 1. The van der Waals surface area contributed by atoms with Crippen molar-refractivity contribution in [3.8, 4) is 6.07 Å². The highest BCUT2D eigenvalue weighted by Crippen LogP contribution is 2.18. The fraction of sp³-hybridized carbons (Fsp3) is 0. The van der Waals surface area contributed by atoms with Crippen molar-refractivity contribution >= 4 is 17.4 Å². The van der Waals surface area contributed by atoms with Gasteiger partial charge in [0.15, 0.2) is 0 Å². The first-order valence-corrected chi connectivity index (χ1v) is 5.34. The molecule has 0 bridgehead atoms. The molecule has 0 aliphatic rings. The van der Waals surface area contributed by atoms with Gasteiger partial charge >= 0.3 is 0 Å². The van der Waals surface area contributed by atoms with E-state index >= 15 is 0 Å². The lowest BCUT2D eigenvalue weighted by atomic mass is 10.2. The van der Waals surface area contributed by atoms with Crippen LogP contribution in [-0.2, 0) is 0 Å². The van der Waals surface area contributed by atoms with E-state index in [4.69, 9.17) is 11.0 Å². The van der Waals surface area contributed by atoms with Gasteiger partial charge in [-0.3, -0.25) is 4.79 Å². The molecule has 19 heavy (non-hydrogen) atoms. The maximum Gasteiger partial charge on any atom is 0.274 e. The second-order valence-corrected chi connectivity index (χ2v) is 3.68. The molecule has 6 heteroatoms. The van der Waals surface area contributed by atoms with Gasteiger partial charge in [-0.15, -0.1) is 0 Å². The first-order chi connectivity index (χ1) is 9.11. The van der Waals surface area contributed by atoms with Crippen LogP contribution in [-0.4, -0.2) is 10.9 Å². The van der Waals surface area contributed by atoms with Crippen molar-refractivity contribution in [2.75, 3.05) is 11.1 Å². The largest absolute Gasteiger partial charge is 0.384 e. The highest BCUT2D eigenvalue weighted by Gasteiger charge is 2.13. The molecule has 5 nitrogen and oxygen atoms in total. The number of hydrogen-bond acceptors (Lipinski definition) is 4. The Kier molecular flexibility index (Phi) is 3.39. The Bertz CT molecular complexity index is 679. The number of halogens is 1. The van der Waals surface area contributed by atoms with Gasteiger partial charge in [0.2, 0.25) is 0 Å². The van der Waals surface area contributed by atoms with E-state index in [0.717, 1.165) is 6.07 Å². The van der Waals surface area contributed by atoms with E-state index < -0.39 is 11.7 Å². The van der Waals surface area contributed by atoms with E-state index in [1.54, 1.807) is 18.2 Å². The molecular weight excluding hydrogens is 247 g/mol. The normalized spacial score (nSPS) is 9.68. The second kappa shape index (κ2) is 5.14. The first-order valence-electron chi connectivity index (χ1n) is 5.34. The van der Waals surface area contributed by atoms with E-state index in [1.165, 1.54) is 18.2 Å². The molecule has 1 aromatic heterocycles. The minimum atomic E-state index is -0.694. The quantitative estimate of drug-likeness (QED) is 0.858. The molecule has 94 valence electrons. The lowest BCUT2D eigenvalue weighted by Gasteiger charge is -2.07. The fourth-order valence-corrected chi connectivity index (χ4v) is 1.51. The molecule has 2 aromatic rings. The van der Waals surface area contributed by atoms with Crippen LogP contribution < -0.4 is 11.1 Å². The van der Waals surface area contributed by atoms with Gasteiger partial charge in [0.05, 0.1) is 5.69 Å². The zero-order valence-corrected chi connectivity index (χ0v) is 9.72. The number of carbonyl (C=O) groups is 1. The summed E-state index contributed by atoms with van der Waals surface area (Å²) in [5, 5.41) is 11.3. The third kappa shape index (κ3) is 2.66. The van der Waals surface area contributed by atoms with Crippen molar-refractivity contribution in [1.29, 1.82) is 5.26 Å². The number of carbonyl (C=O) groups excluding carboxylic acids is 1. The van der Waals surface area contributed by atoms with Crippen LogP contribution in [0.4, 0.5) is 15.9 Å². The standard InChI is InChI=1S/C13H9FN4O/c14-9-3-1-4-10(8(9)7-15)18-13(19)11-5-2-6-12(16)17-11/h1-6H,(H2,16,17)(H,18,19). The smallest absolute Gasteiger partial charge is 0.274 e. The van der Waals surface area contributed by atoms with E-state index in [1.807, 2.05) is 0 Å². The predicted octanol–water partition coefficient (Wildman–Crippen LogP) is 1.93. The first kappa shape index (κ1) is 12.5. The number of rotatable bonds is 2. The van der Waals surface area contributed by atoms with Gasteiger partial charge in [0, 0.05) is 0 Å². The number of nitrogens with zero attached hydrogens (tertiary/aromatic N) is 2. The molecular formula is C13H9FN4O. The predicted molar refractivity (Wildman–Crippen MR) is 67.7 cm³/mol. The van der Waals surface area contributed by atoms with E-state index in [-0.39, 0.29) is 22.8 Å². The Labute approximate surface area is 108 Å². The summed E-state index contributed by atoms with van der Waals surface area (Å²) in [7, 11) is 0. The molecule has 0 saturated heterocycles. The molecule has 0 aliphatic carbocycles. The van der Waals surface area contributed by atoms with Gasteiger partial charge in [-0.25, -0.2) is 9.37 Å². The zero-order chi connectivity index (χ0) is 13.8. The molecule has 0 unspecified atom stereocenters. The van der Waals surface area contributed by atoms with Crippen LogP contribution in [0.2, 0.25) is 0 Å². The van der Waals surface area contributed by atoms with Crippen molar-refractivity contribution in [1.82, 2.24) is 4.98 Å². The van der Waals surface area contributed by atoms with Crippen LogP contribution in [0.15, 0.2) is 36.4 Å². The molecule has 1 heterocycles. The second-order valence-electron chi connectivity index (χ2n) is 3.68. The number of hydrogen-bond donors (Lipinski definition) is 2. The van der Waals surface area contributed by atoms with Crippen LogP contribution in [0.5, 0.6) is 0 Å². The van der Waals surface area contributed by atoms with Gasteiger partial charge in [0.25, 0.3) is 5.91 Å². The van der Waals surface area contributed by atoms with Crippen LogP contribution in [0, 0.1) is 17.1 Å². The Morgan fingerprint density at radius 3 is 2.74 bits per heavy atom. The number of pyridine rings is 1. The minimum absolute atomic E-state index is 0.0909. The zero-order valence-electron chi connectivity index (χ0n) is 9.72. The molecule has 0 aliphatic heterocycles. The van der Waals surface area contributed by atoms with E-state index in [2.05, 4.69) is 10.3 Å². The van der Waals surface area contributed by atoms with Crippen molar-refractivity contribution in [3.05, 3.63) is 53.5 Å². The van der Waals surface area contributed by atoms with E-state index in [9.17, 15) is 9.18 Å². The highest BCUT2D eigenvalue weighted by molar-refractivity contribution is 6.03. The van der Waals surface area contributed by atoms with Gasteiger partial charge in [-0.05, 0) is 24.3 Å². The fourth-order valence-electron chi connectivity index (χ4n) is 1.51. The molecule has 0 fully saturated rings. The number of anilines is 2. The maximum atomic E-state index is 13.4. The van der Waals surface area contributed by atoms with Crippen molar-refractivity contribution in [3.63, 3.8) is 0 Å². The summed E-state index contributed by atoms with van der Waals surface area (Å²) in [5.41, 5.74) is 5.43. The Hall–Kier alpha value is -2.94. The average Bonchev–Trinajstić information content (AvgIpc) is 2.39. The van der Waals surface area contributed by atoms with Gasteiger partial charge < -0.3 is 11.1 Å². The number of nitrogens with two attached hydrogens (primary N) is 1. The highest BCUT2D eigenvalue weighted by atomic mass is 19.1. The minimum Gasteiger partial charge on any atom is -0.384 e. The summed E-state index contributed by atoms with van der Waals surface area (Å²) < 4.78 is 13.4. The summed E-state index contributed by atoms with van der Waals surface area (Å²) in [5.74, 6) is -1.05. The number of amides is 1. The molecule has 1 amide bonds. The number of benzene rings is 1. The Balaban J connectivity index is 2.30. The summed E-state index contributed by atoms with van der Waals surface area (Å²) in [4.78, 5) is 15.7. The Morgan fingerprint density at radius 2 is 2.05 bits per heavy atom. The summed E-state index contributed by atoms with van der Waals surface area (Å²) >= 11 is 0. The third-order valence-electron chi connectivity index (χ3n) is 2.38. The van der Waals surface area contributed by atoms with Gasteiger partial charge in [0.1, 0.15) is 29.0 Å². The van der Waals surface area contributed by atoms with Crippen molar-refractivity contribution in [2.24, 2.45) is 0 Å². The van der Waals surface area contributed by atoms with Crippen LogP contribution in [0.3, 0.4) is 0 Å². The van der Waals surface area contributed by atoms with Gasteiger partial charge in [-0.1, -0.05) is 12.1 Å². The van der Waals surface area contributed by atoms with E-state index in [0.29, 0.717) is 0 Å². The third-order valence-corrected chi connectivity index (χ3v) is 2.38. The molecule has 0 atom stereocenters. The van der Waals surface area contributed by atoms with Crippen LogP contribution >= 0.6 is 0 Å². The topological polar surface area (TPSA) is 91.8 Å². The summed E-state index contributed by atoms with van der Waals surface area (Å²) in [6.45, 7) is 0. The molecule has 1 aromatic carbocycles. The number of nitrogens with one attached hydrogen (secondary N) is 1. The average molecular weight is 256 g/mol.